The van der Waals surface area contributed by atoms with Gasteiger partial charge in [0.1, 0.15) is 11.5 Å². The number of rotatable bonds is 4. The number of nitrogens with zero attached hydrogens (tertiary/aromatic N) is 8. The summed E-state index contributed by atoms with van der Waals surface area (Å²) in [6.07, 6.45) is 0. The van der Waals surface area contributed by atoms with Gasteiger partial charge < -0.3 is 5.10 Å². The summed E-state index contributed by atoms with van der Waals surface area (Å²) in [6.45, 7) is 0. The fourth-order valence-electron chi connectivity index (χ4n) is 1.39. The molecule has 0 saturated heterocycles. The van der Waals surface area contributed by atoms with Gasteiger partial charge >= 0.3 is 0 Å². The maximum absolute atomic E-state index is 13.7. The monoisotopic (exact) mass is 277 g/mol. The van der Waals surface area contributed by atoms with Crippen LogP contribution in [0.2, 0.25) is 0 Å². The summed E-state index contributed by atoms with van der Waals surface area (Å²) in [5, 5.41) is 25.7. The lowest BCUT2D eigenvalue weighted by Crippen LogP contribution is -2.02. The van der Waals surface area contributed by atoms with Gasteiger partial charge in [0.25, 0.3) is 0 Å². The number of para-hydroxylation sites is 1. The number of aromatic nitrogens is 8. The first-order valence-corrected chi connectivity index (χ1v) is 6.17. The molecule has 10 heteroatoms. The zero-order chi connectivity index (χ0) is 13.1. The van der Waals surface area contributed by atoms with Crippen LogP contribution in [-0.4, -0.2) is 35.7 Å². The van der Waals surface area contributed by atoms with Crippen LogP contribution in [0.1, 0.15) is 5.82 Å². The SMILES string of the molecule is Fc1ccccc1-n1nnnc1SCc1nnn[n-]1. The van der Waals surface area contributed by atoms with Crippen molar-refractivity contribution >= 4 is 11.8 Å². The van der Waals surface area contributed by atoms with Crippen molar-refractivity contribution in [1.82, 2.24) is 40.8 Å². The van der Waals surface area contributed by atoms with Crippen LogP contribution in [0.5, 0.6) is 0 Å². The lowest BCUT2D eigenvalue weighted by Gasteiger charge is -2.04. The Balaban J connectivity index is 1.84. The molecule has 1 aromatic carbocycles. The quantitative estimate of drug-likeness (QED) is 0.625. The highest BCUT2D eigenvalue weighted by molar-refractivity contribution is 7.98. The van der Waals surface area contributed by atoms with E-state index in [1.807, 2.05) is 0 Å². The topological polar surface area (TPSA) is 96.4 Å². The van der Waals surface area contributed by atoms with Gasteiger partial charge in [-0.25, -0.2) is 4.39 Å². The molecule has 0 aliphatic heterocycles. The number of hydrogen-bond donors (Lipinski definition) is 0. The van der Waals surface area contributed by atoms with E-state index in [0.717, 1.165) is 0 Å². The van der Waals surface area contributed by atoms with Crippen LogP contribution < -0.4 is 5.10 Å². The molecule has 19 heavy (non-hydrogen) atoms. The first kappa shape index (κ1) is 11.7. The highest BCUT2D eigenvalue weighted by Crippen LogP contribution is 2.21. The van der Waals surface area contributed by atoms with Gasteiger partial charge in [-0.05, 0) is 22.6 Å². The van der Waals surface area contributed by atoms with Crippen LogP contribution in [0, 0.1) is 5.82 Å². The Hall–Kier alpha value is -2.36. The normalized spacial score (nSPS) is 10.8. The van der Waals surface area contributed by atoms with E-state index in [0.29, 0.717) is 16.7 Å². The largest absolute Gasteiger partial charge is 0.335 e. The van der Waals surface area contributed by atoms with E-state index in [2.05, 4.69) is 36.1 Å². The van der Waals surface area contributed by atoms with E-state index in [9.17, 15) is 4.39 Å². The van der Waals surface area contributed by atoms with Gasteiger partial charge in [0.05, 0.1) is 0 Å². The van der Waals surface area contributed by atoms with Crippen LogP contribution in [0.3, 0.4) is 0 Å². The van der Waals surface area contributed by atoms with Crippen molar-refractivity contribution in [1.29, 1.82) is 0 Å². The Morgan fingerprint density at radius 3 is 2.89 bits per heavy atom. The molecule has 3 rings (SSSR count). The van der Waals surface area contributed by atoms with Gasteiger partial charge in [0, 0.05) is 11.6 Å². The van der Waals surface area contributed by atoms with E-state index in [1.54, 1.807) is 18.2 Å². The predicted molar refractivity (Wildman–Crippen MR) is 61.8 cm³/mol. The summed E-state index contributed by atoms with van der Waals surface area (Å²) < 4.78 is 15.0. The molecule has 0 aliphatic carbocycles. The molecule has 96 valence electrons. The van der Waals surface area contributed by atoms with Gasteiger partial charge in [-0.2, -0.15) is 9.90 Å². The Kier molecular flexibility index (Phi) is 3.14. The Morgan fingerprint density at radius 2 is 2.11 bits per heavy atom. The second kappa shape index (κ2) is 5.10. The van der Waals surface area contributed by atoms with Gasteiger partial charge in [-0.3, -0.25) is 10.3 Å². The molecule has 0 spiro atoms. The lowest BCUT2D eigenvalue weighted by molar-refractivity contribution is 0.599. The smallest absolute Gasteiger partial charge is 0.214 e. The first-order valence-electron chi connectivity index (χ1n) is 5.18. The standard InChI is InChI=1S/C9H6FN8S/c10-6-3-1-2-4-7(6)18-9(13-16-17-18)19-5-8-11-14-15-12-8/h1-4H,5H2/q-1. The molecule has 2 heterocycles. The van der Waals surface area contributed by atoms with Crippen molar-refractivity contribution < 1.29 is 4.39 Å². The van der Waals surface area contributed by atoms with Gasteiger partial charge in [-0.15, -0.1) is 5.10 Å². The minimum Gasteiger partial charge on any atom is -0.335 e. The maximum atomic E-state index is 13.7. The van der Waals surface area contributed by atoms with E-state index in [4.69, 9.17) is 0 Å². The molecule has 0 saturated carbocycles. The third-order valence-electron chi connectivity index (χ3n) is 2.21. The number of hydrogen-bond acceptors (Lipinski definition) is 7. The number of tetrazole rings is 2. The van der Waals surface area contributed by atoms with Crippen LogP contribution in [-0.2, 0) is 5.75 Å². The van der Waals surface area contributed by atoms with Crippen molar-refractivity contribution in [3.63, 3.8) is 0 Å². The zero-order valence-corrected chi connectivity index (χ0v) is 10.2. The number of benzene rings is 1. The van der Waals surface area contributed by atoms with Crippen molar-refractivity contribution in [2.24, 2.45) is 0 Å². The van der Waals surface area contributed by atoms with E-state index < -0.39 is 5.82 Å². The molecule has 0 atom stereocenters. The summed E-state index contributed by atoms with van der Waals surface area (Å²) in [5.41, 5.74) is 0.287. The van der Waals surface area contributed by atoms with Crippen LogP contribution in [0.25, 0.3) is 5.69 Å². The number of halogens is 1. The fourth-order valence-corrected chi connectivity index (χ4v) is 2.12. The maximum Gasteiger partial charge on any atom is 0.214 e. The van der Waals surface area contributed by atoms with Crippen LogP contribution >= 0.6 is 11.8 Å². The Morgan fingerprint density at radius 1 is 1.21 bits per heavy atom. The summed E-state index contributed by atoms with van der Waals surface area (Å²) in [4.78, 5) is 0. The Labute approximate surface area is 110 Å². The van der Waals surface area contributed by atoms with Crippen molar-refractivity contribution in [2.75, 3.05) is 0 Å². The van der Waals surface area contributed by atoms with Crippen LogP contribution in [0.15, 0.2) is 29.4 Å². The predicted octanol–water partition coefficient (Wildman–Crippen LogP) is 0.236. The third kappa shape index (κ3) is 2.42. The fraction of sp³-hybridized carbons (Fsp3) is 0.111. The molecule has 0 aliphatic rings. The first-order chi connectivity index (χ1) is 9.34. The van der Waals surface area contributed by atoms with E-state index in [-0.39, 0.29) is 5.69 Å². The minimum atomic E-state index is -0.399. The molecule has 0 amide bonds. The molecule has 2 aromatic heterocycles. The van der Waals surface area contributed by atoms with Crippen molar-refractivity contribution in [3.8, 4) is 5.69 Å². The van der Waals surface area contributed by atoms with Gasteiger partial charge in [0.2, 0.25) is 5.16 Å². The number of thioether (sulfide) groups is 1. The molecule has 3 aromatic rings. The second-order valence-corrected chi connectivity index (χ2v) is 4.35. The highest BCUT2D eigenvalue weighted by atomic mass is 32.2. The van der Waals surface area contributed by atoms with Gasteiger partial charge in [-0.1, -0.05) is 23.9 Å². The molecule has 0 unspecified atom stereocenters. The minimum absolute atomic E-state index is 0.287. The molecule has 0 fully saturated rings. The second-order valence-electron chi connectivity index (χ2n) is 3.41. The van der Waals surface area contributed by atoms with E-state index >= 15 is 0 Å². The third-order valence-corrected chi connectivity index (χ3v) is 3.13. The van der Waals surface area contributed by atoms with Crippen molar-refractivity contribution in [2.45, 2.75) is 10.9 Å². The van der Waals surface area contributed by atoms with E-state index in [1.165, 1.54) is 22.5 Å². The molecule has 0 bridgehead atoms. The molecule has 0 radical (unpaired) electrons. The molecule has 0 N–H and O–H groups in total. The zero-order valence-electron chi connectivity index (χ0n) is 9.38. The van der Waals surface area contributed by atoms with Crippen LogP contribution in [0.4, 0.5) is 4.39 Å². The van der Waals surface area contributed by atoms with Crippen molar-refractivity contribution in [3.05, 3.63) is 35.9 Å². The molecule has 8 nitrogen and oxygen atoms in total. The lowest BCUT2D eigenvalue weighted by atomic mass is 10.3. The average Bonchev–Trinajstić information content (AvgIpc) is 3.08. The molecular weight excluding hydrogens is 271 g/mol. The summed E-state index contributed by atoms with van der Waals surface area (Å²) >= 11 is 1.27. The summed E-state index contributed by atoms with van der Waals surface area (Å²) in [7, 11) is 0. The average molecular weight is 277 g/mol. The highest BCUT2D eigenvalue weighted by Gasteiger charge is 2.12. The summed E-state index contributed by atoms with van der Waals surface area (Å²) in [5.74, 6) is 0.472. The molecular formula is C9H6FN8S-. The van der Waals surface area contributed by atoms with Gasteiger partial charge in [0.15, 0.2) is 0 Å². The Bertz CT molecular complexity index is 666. The summed E-state index contributed by atoms with van der Waals surface area (Å²) in [6, 6.07) is 6.26.